The highest BCUT2D eigenvalue weighted by molar-refractivity contribution is 4.68. The highest BCUT2D eigenvalue weighted by atomic mass is 16.5. The Balaban J connectivity index is 3.57. The molecule has 0 aliphatic rings. The first-order valence-corrected chi connectivity index (χ1v) is 5.39. The van der Waals surface area contributed by atoms with Crippen LogP contribution in [-0.2, 0) is 4.74 Å². The Morgan fingerprint density at radius 1 is 1.08 bits per heavy atom. The molecule has 0 rings (SSSR count). The largest absolute Gasteiger partial charge is 0.380 e. The summed E-state index contributed by atoms with van der Waals surface area (Å²) in [6, 6.07) is 0.503. The lowest BCUT2D eigenvalue weighted by molar-refractivity contribution is 0.0796. The topological polar surface area (TPSA) is 21.3 Å². The average molecular weight is 187 g/mol. The van der Waals surface area contributed by atoms with Gasteiger partial charge in [0.15, 0.2) is 0 Å². The van der Waals surface area contributed by atoms with E-state index >= 15 is 0 Å². The molecular formula is C11H25NO. The lowest BCUT2D eigenvalue weighted by Crippen LogP contribution is -2.38. The van der Waals surface area contributed by atoms with Crippen LogP contribution in [0.2, 0.25) is 0 Å². The maximum Gasteiger partial charge on any atom is 0.0622 e. The van der Waals surface area contributed by atoms with Crippen molar-refractivity contribution in [3.05, 3.63) is 0 Å². The van der Waals surface area contributed by atoms with E-state index in [4.69, 9.17) is 4.74 Å². The van der Waals surface area contributed by atoms with Crippen molar-refractivity contribution in [3.8, 4) is 0 Å². The molecule has 0 amide bonds. The fourth-order valence-electron chi connectivity index (χ4n) is 1.18. The van der Waals surface area contributed by atoms with Crippen molar-refractivity contribution < 1.29 is 4.74 Å². The summed E-state index contributed by atoms with van der Waals surface area (Å²) in [5.74, 6) is 1.28. The van der Waals surface area contributed by atoms with Crippen LogP contribution in [0.1, 0.15) is 34.6 Å². The minimum absolute atomic E-state index is 0.503. The van der Waals surface area contributed by atoms with E-state index in [0.717, 1.165) is 19.8 Å². The fraction of sp³-hybridized carbons (Fsp3) is 1.00. The van der Waals surface area contributed by atoms with Crippen LogP contribution in [0.3, 0.4) is 0 Å². The molecule has 0 aromatic rings. The maximum atomic E-state index is 5.61. The number of nitrogens with one attached hydrogen (secondary N) is 1. The minimum atomic E-state index is 0.503. The lowest BCUT2D eigenvalue weighted by Gasteiger charge is -2.22. The Morgan fingerprint density at radius 2 is 1.69 bits per heavy atom. The predicted octanol–water partition coefficient (Wildman–Crippen LogP) is 2.29. The van der Waals surface area contributed by atoms with Crippen molar-refractivity contribution in [2.75, 3.05) is 19.8 Å². The Bertz CT molecular complexity index is 113. The standard InChI is InChI=1S/C11H25NO/c1-6-12-11(10(4)5)8-13-7-9(2)3/h9-12H,6-8H2,1-5H3. The van der Waals surface area contributed by atoms with E-state index in [1.807, 2.05) is 0 Å². The van der Waals surface area contributed by atoms with Gasteiger partial charge in [-0.1, -0.05) is 34.6 Å². The van der Waals surface area contributed by atoms with Crippen LogP contribution in [0.15, 0.2) is 0 Å². The smallest absolute Gasteiger partial charge is 0.0622 e. The van der Waals surface area contributed by atoms with Gasteiger partial charge in [-0.25, -0.2) is 0 Å². The van der Waals surface area contributed by atoms with E-state index in [1.165, 1.54) is 0 Å². The SMILES string of the molecule is CCNC(COCC(C)C)C(C)C. The van der Waals surface area contributed by atoms with E-state index in [1.54, 1.807) is 0 Å². The van der Waals surface area contributed by atoms with Crippen molar-refractivity contribution in [2.24, 2.45) is 11.8 Å². The van der Waals surface area contributed by atoms with Crippen molar-refractivity contribution in [2.45, 2.75) is 40.7 Å². The summed E-state index contributed by atoms with van der Waals surface area (Å²) in [6.45, 7) is 13.7. The van der Waals surface area contributed by atoms with Crippen LogP contribution in [-0.4, -0.2) is 25.8 Å². The molecule has 0 heterocycles. The molecule has 0 aliphatic carbocycles. The third kappa shape index (κ3) is 7.03. The van der Waals surface area contributed by atoms with E-state index in [9.17, 15) is 0 Å². The van der Waals surface area contributed by atoms with E-state index < -0.39 is 0 Å². The number of ether oxygens (including phenoxy) is 1. The number of hydrogen-bond donors (Lipinski definition) is 1. The molecule has 0 saturated carbocycles. The van der Waals surface area contributed by atoms with Crippen LogP contribution in [0.5, 0.6) is 0 Å². The highest BCUT2D eigenvalue weighted by Gasteiger charge is 2.11. The number of rotatable bonds is 7. The molecule has 1 atom stereocenters. The van der Waals surface area contributed by atoms with Crippen LogP contribution in [0, 0.1) is 11.8 Å². The van der Waals surface area contributed by atoms with Crippen LogP contribution in [0.4, 0.5) is 0 Å². The van der Waals surface area contributed by atoms with Gasteiger partial charge in [-0.3, -0.25) is 0 Å². The molecule has 13 heavy (non-hydrogen) atoms. The molecule has 2 nitrogen and oxygen atoms in total. The first kappa shape index (κ1) is 12.9. The van der Waals surface area contributed by atoms with Crippen molar-refractivity contribution in [3.63, 3.8) is 0 Å². The molecule has 0 aromatic heterocycles. The molecule has 0 aliphatic heterocycles. The Labute approximate surface area is 83.1 Å². The van der Waals surface area contributed by atoms with Crippen LogP contribution >= 0.6 is 0 Å². The monoisotopic (exact) mass is 187 g/mol. The molecule has 0 bridgehead atoms. The third-order valence-electron chi connectivity index (χ3n) is 2.02. The summed E-state index contributed by atoms with van der Waals surface area (Å²) in [5, 5.41) is 3.43. The second-order valence-electron chi connectivity index (χ2n) is 4.34. The summed E-state index contributed by atoms with van der Waals surface area (Å²) in [7, 11) is 0. The van der Waals surface area contributed by atoms with Gasteiger partial charge in [-0.05, 0) is 18.4 Å². The van der Waals surface area contributed by atoms with Gasteiger partial charge in [-0.2, -0.15) is 0 Å². The molecule has 80 valence electrons. The molecule has 1 unspecified atom stereocenters. The number of likely N-dealkylation sites (N-methyl/N-ethyl adjacent to an activating group) is 1. The van der Waals surface area contributed by atoms with Crippen molar-refractivity contribution in [1.29, 1.82) is 0 Å². The summed E-state index contributed by atoms with van der Waals surface area (Å²) in [4.78, 5) is 0. The van der Waals surface area contributed by atoms with Gasteiger partial charge in [0.2, 0.25) is 0 Å². The quantitative estimate of drug-likeness (QED) is 0.660. The van der Waals surface area contributed by atoms with E-state index in [0.29, 0.717) is 17.9 Å². The second kappa shape index (κ2) is 7.34. The zero-order valence-corrected chi connectivity index (χ0v) is 9.76. The van der Waals surface area contributed by atoms with E-state index in [2.05, 4.69) is 39.9 Å². The Hall–Kier alpha value is -0.0800. The van der Waals surface area contributed by atoms with Gasteiger partial charge in [-0.15, -0.1) is 0 Å². The fourth-order valence-corrected chi connectivity index (χ4v) is 1.18. The first-order valence-electron chi connectivity index (χ1n) is 5.39. The average Bonchev–Trinajstić information content (AvgIpc) is 2.02. The normalized spacial score (nSPS) is 14.1. The summed E-state index contributed by atoms with van der Waals surface area (Å²) in [6.07, 6.45) is 0. The molecule has 0 aromatic carbocycles. The second-order valence-corrected chi connectivity index (χ2v) is 4.34. The van der Waals surface area contributed by atoms with Gasteiger partial charge in [0.1, 0.15) is 0 Å². The first-order chi connectivity index (χ1) is 6.07. The van der Waals surface area contributed by atoms with Crippen LogP contribution in [0.25, 0.3) is 0 Å². The maximum absolute atomic E-state index is 5.61. The van der Waals surface area contributed by atoms with Gasteiger partial charge in [0.05, 0.1) is 6.61 Å². The molecule has 0 fully saturated rings. The van der Waals surface area contributed by atoms with Gasteiger partial charge in [0.25, 0.3) is 0 Å². The summed E-state index contributed by atoms with van der Waals surface area (Å²) in [5.41, 5.74) is 0. The Kier molecular flexibility index (Phi) is 7.29. The number of hydrogen-bond acceptors (Lipinski definition) is 2. The molecule has 2 heteroatoms. The van der Waals surface area contributed by atoms with E-state index in [-0.39, 0.29) is 0 Å². The minimum Gasteiger partial charge on any atom is -0.380 e. The molecule has 0 radical (unpaired) electrons. The predicted molar refractivity (Wildman–Crippen MR) is 58.0 cm³/mol. The molecular weight excluding hydrogens is 162 g/mol. The van der Waals surface area contributed by atoms with Gasteiger partial charge in [0, 0.05) is 12.6 Å². The molecule has 0 spiro atoms. The van der Waals surface area contributed by atoms with Crippen LogP contribution < -0.4 is 5.32 Å². The van der Waals surface area contributed by atoms with Crippen molar-refractivity contribution >= 4 is 0 Å². The summed E-state index contributed by atoms with van der Waals surface area (Å²) >= 11 is 0. The molecule has 0 saturated heterocycles. The van der Waals surface area contributed by atoms with Gasteiger partial charge < -0.3 is 10.1 Å². The summed E-state index contributed by atoms with van der Waals surface area (Å²) < 4.78 is 5.61. The Morgan fingerprint density at radius 3 is 2.08 bits per heavy atom. The highest BCUT2D eigenvalue weighted by Crippen LogP contribution is 2.03. The zero-order chi connectivity index (χ0) is 10.3. The zero-order valence-electron chi connectivity index (χ0n) is 9.76. The lowest BCUT2D eigenvalue weighted by atomic mass is 10.1. The van der Waals surface area contributed by atoms with Gasteiger partial charge >= 0.3 is 0 Å². The van der Waals surface area contributed by atoms with Crippen molar-refractivity contribution in [1.82, 2.24) is 5.32 Å². The third-order valence-corrected chi connectivity index (χ3v) is 2.02. The molecule has 1 N–H and O–H groups in total.